The zero-order valence-electron chi connectivity index (χ0n) is 18.6. The van der Waals surface area contributed by atoms with Gasteiger partial charge in [0.25, 0.3) is 0 Å². The van der Waals surface area contributed by atoms with Crippen LogP contribution in [-0.2, 0) is 6.42 Å². The third-order valence-corrected chi connectivity index (χ3v) is 5.13. The van der Waals surface area contributed by atoms with Gasteiger partial charge in [0.2, 0.25) is 0 Å². The number of ether oxygens (including phenoxy) is 1. The SMILES string of the molecule is CC(C)Cc1nc2ccc(O)cc2c(-c2ccccc2)c1OC(=O)N(C)C(C)(C)C. The van der Waals surface area contributed by atoms with Crippen molar-refractivity contribution in [3.63, 3.8) is 0 Å². The monoisotopic (exact) mass is 406 g/mol. The van der Waals surface area contributed by atoms with Crippen LogP contribution < -0.4 is 4.74 Å². The Morgan fingerprint density at radius 2 is 1.80 bits per heavy atom. The number of carbonyl (C=O) groups excluding carboxylic acids is 1. The first-order chi connectivity index (χ1) is 14.1. The minimum Gasteiger partial charge on any atom is -0.508 e. The summed E-state index contributed by atoms with van der Waals surface area (Å²) in [5.41, 5.74) is 2.78. The van der Waals surface area contributed by atoms with Crippen molar-refractivity contribution in [2.24, 2.45) is 5.92 Å². The van der Waals surface area contributed by atoms with Gasteiger partial charge in [0, 0.05) is 23.5 Å². The van der Waals surface area contributed by atoms with Crippen LogP contribution in [0.5, 0.6) is 11.5 Å². The molecule has 3 aromatic rings. The van der Waals surface area contributed by atoms with Crippen molar-refractivity contribution in [3.8, 4) is 22.6 Å². The van der Waals surface area contributed by atoms with Crippen LogP contribution in [0.1, 0.15) is 40.3 Å². The van der Waals surface area contributed by atoms with Gasteiger partial charge < -0.3 is 14.7 Å². The molecule has 1 aromatic heterocycles. The molecule has 5 nitrogen and oxygen atoms in total. The van der Waals surface area contributed by atoms with E-state index in [-0.39, 0.29) is 11.3 Å². The van der Waals surface area contributed by atoms with Crippen molar-refractivity contribution < 1.29 is 14.6 Å². The smallest absolute Gasteiger partial charge is 0.415 e. The lowest BCUT2D eigenvalue weighted by Crippen LogP contribution is -2.44. The highest BCUT2D eigenvalue weighted by atomic mass is 16.6. The van der Waals surface area contributed by atoms with Gasteiger partial charge in [-0.25, -0.2) is 9.78 Å². The zero-order chi connectivity index (χ0) is 22.1. The van der Waals surface area contributed by atoms with Crippen LogP contribution >= 0.6 is 0 Å². The molecule has 0 aliphatic heterocycles. The number of aromatic hydroxyl groups is 1. The van der Waals surface area contributed by atoms with Crippen LogP contribution in [0, 0.1) is 5.92 Å². The Labute approximate surface area is 178 Å². The van der Waals surface area contributed by atoms with Gasteiger partial charge in [-0.3, -0.25) is 0 Å². The lowest BCUT2D eigenvalue weighted by molar-refractivity contribution is 0.124. The second-order valence-electron chi connectivity index (χ2n) is 9.03. The lowest BCUT2D eigenvalue weighted by atomic mass is 9.96. The summed E-state index contributed by atoms with van der Waals surface area (Å²) in [6, 6.07) is 14.9. The maximum Gasteiger partial charge on any atom is 0.415 e. The largest absolute Gasteiger partial charge is 0.508 e. The van der Waals surface area contributed by atoms with E-state index in [2.05, 4.69) is 13.8 Å². The average molecular weight is 407 g/mol. The molecule has 0 spiro atoms. The Bertz CT molecular complexity index is 1050. The second kappa shape index (κ2) is 8.34. The summed E-state index contributed by atoms with van der Waals surface area (Å²) < 4.78 is 6.01. The van der Waals surface area contributed by atoms with Crippen molar-refractivity contribution in [2.75, 3.05) is 7.05 Å². The fourth-order valence-corrected chi connectivity index (χ4v) is 3.24. The van der Waals surface area contributed by atoms with Gasteiger partial charge in [-0.2, -0.15) is 0 Å². The van der Waals surface area contributed by atoms with Crippen LogP contribution in [0.25, 0.3) is 22.0 Å². The van der Waals surface area contributed by atoms with E-state index >= 15 is 0 Å². The standard InChI is InChI=1S/C25H30N2O3/c1-16(2)14-21-23(30-24(29)27(6)25(3,4)5)22(17-10-8-7-9-11-17)19-15-18(28)12-13-20(19)26-21/h7-13,15-16,28H,14H2,1-6H3. The minimum absolute atomic E-state index is 0.141. The highest BCUT2D eigenvalue weighted by Gasteiger charge is 2.27. The lowest BCUT2D eigenvalue weighted by Gasteiger charge is -2.31. The molecule has 0 bridgehead atoms. The Balaban J connectivity index is 2.29. The Morgan fingerprint density at radius 3 is 2.40 bits per heavy atom. The molecular formula is C25H30N2O3. The minimum atomic E-state index is -0.439. The molecule has 0 radical (unpaired) electrons. The molecule has 0 aliphatic carbocycles. The molecule has 0 saturated carbocycles. The number of fused-ring (bicyclic) bond motifs is 1. The van der Waals surface area contributed by atoms with E-state index in [1.54, 1.807) is 30.1 Å². The van der Waals surface area contributed by atoms with Crippen LogP contribution in [0.15, 0.2) is 48.5 Å². The maximum absolute atomic E-state index is 13.0. The van der Waals surface area contributed by atoms with Crippen molar-refractivity contribution >= 4 is 17.0 Å². The quantitative estimate of drug-likeness (QED) is 0.574. The second-order valence-corrected chi connectivity index (χ2v) is 9.03. The number of hydrogen-bond donors (Lipinski definition) is 1. The molecule has 0 aliphatic rings. The molecule has 0 atom stereocenters. The third-order valence-electron chi connectivity index (χ3n) is 5.13. The number of aromatic nitrogens is 1. The molecule has 1 heterocycles. The Kier molecular flexibility index (Phi) is 6.01. The topological polar surface area (TPSA) is 62.7 Å². The van der Waals surface area contributed by atoms with Crippen LogP contribution in [0.3, 0.4) is 0 Å². The summed E-state index contributed by atoms with van der Waals surface area (Å²) in [6.07, 6.45) is 0.226. The van der Waals surface area contributed by atoms with E-state index in [4.69, 9.17) is 9.72 Å². The molecule has 1 N–H and O–H groups in total. The number of hydrogen-bond acceptors (Lipinski definition) is 4. The fourth-order valence-electron chi connectivity index (χ4n) is 3.24. The summed E-state index contributed by atoms with van der Waals surface area (Å²) in [7, 11) is 1.73. The molecule has 158 valence electrons. The van der Waals surface area contributed by atoms with Crippen molar-refractivity contribution in [3.05, 3.63) is 54.2 Å². The van der Waals surface area contributed by atoms with Gasteiger partial charge in [-0.15, -0.1) is 0 Å². The molecule has 2 aromatic carbocycles. The van der Waals surface area contributed by atoms with E-state index in [1.165, 1.54) is 0 Å². The number of benzene rings is 2. The van der Waals surface area contributed by atoms with Gasteiger partial charge >= 0.3 is 6.09 Å². The highest BCUT2D eigenvalue weighted by Crippen LogP contribution is 2.41. The summed E-state index contributed by atoms with van der Waals surface area (Å²) in [6.45, 7) is 10.1. The van der Waals surface area contributed by atoms with Gasteiger partial charge in [-0.05, 0) is 56.9 Å². The number of amides is 1. The highest BCUT2D eigenvalue weighted by molar-refractivity contribution is 5.99. The average Bonchev–Trinajstić information content (AvgIpc) is 2.67. The molecule has 0 unspecified atom stereocenters. The number of nitrogens with zero attached hydrogens (tertiary/aromatic N) is 2. The van der Waals surface area contributed by atoms with Gasteiger partial charge in [0.05, 0.1) is 11.2 Å². The summed E-state index contributed by atoms with van der Waals surface area (Å²) in [4.78, 5) is 19.4. The first kappa shape index (κ1) is 21.6. The number of pyridine rings is 1. The molecule has 5 heteroatoms. The van der Waals surface area contributed by atoms with Crippen LogP contribution in [-0.4, -0.2) is 33.7 Å². The Hall–Kier alpha value is -3.08. The van der Waals surface area contributed by atoms with Gasteiger partial charge in [0.1, 0.15) is 5.75 Å². The molecule has 30 heavy (non-hydrogen) atoms. The van der Waals surface area contributed by atoms with Gasteiger partial charge in [-0.1, -0.05) is 44.2 Å². The van der Waals surface area contributed by atoms with Crippen LogP contribution in [0.4, 0.5) is 4.79 Å². The normalized spacial score (nSPS) is 11.7. The van der Waals surface area contributed by atoms with Crippen molar-refractivity contribution in [1.82, 2.24) is 9.88 Å². The fraction of sp³-hybridized carbons (Fsp3) is 0.360. The van der Waals surface area contributed by atoms with E-state index < -0.39 is 6.09 Å². The van der Waals surface area contributed by atoms with Crippen molar-refractivity contribution in [1.29, 1.82) is 0 Å². The maximum atomic E-state index is 13.0. The molecule has 3 rings (SSSR count). The van der Waals surface area contributed by atoms with Gasteiger partial charge in [0.15, 0.2) is 5.75 Å². The number of carbonyl (C=O) groups is 1. The van der Waals surface area contributed by atoms with E-state index in [9.17, 15) is 9.90 Å². The summed E-state index contributed by atoms with van der Waals surface area (Å²) in [5.74, 6) is 0.921. The molecule has 0 fully saturated rings. The van der Waals surface area contributed by atoms with E-state index in [0.717, 1.165) is 27.7 Å². The molecular weight excluding hydrogens is 376 g/mol. The number of rotatable bonds is 4. The molecule has 0 saturated heterocycles. The first-order valence-electron chi connectivity index (χ1n) is 10.2. The van der Waals surface area contributed by atoms with E-state index in [0.29, 0.717) is 18.1 Å². The van der Waals surface area contributed by atoms with Crippen LogP contribution in [0.2, 0.25) is 0 Å². The first-order valence-corrected chi connectivity index (χ1v) is 10.2. The number of phenols is 1. The Morgan fingerprint density at radius 1 is 1.13 bits per heavy atom. The number of phenolic OH excluding ortho intramolecular Hbond substituents is 1. The predicted molar refractivity (Wildman–Crippen MR) is 121 cm³/mol. The summed E-state index contributed by atoms with van der Waals surface area (Å²) >= 11 is 0. The zero-order valence-corrected chi connectivity index (χ0v) is 18.6. The summed E-state index contributed by atoms with van der Waals surface area (Å²) in [5, 5.41) is 10.9. The third kappa shape index (κ3) is 4.56. The predicted octanol–water partition coefficient (Wildman–Crippen LogP) is 6.04. The van der Waals surface area contributed by atoms with Crippen molar-refractivity contribution in [2.45, 2.75) is 46.6 Å². The molecule has 1 amide bonds. The van der Waals surface area contributed by atoms with E-state index in [1.807, 2.05) is 51.1 Å².